The fourth-order valence-electron chi connectivity index (χ4n) is 0.884. The van der Waals surface area contributed by atoms with Crippen LogP contribution in [0.3, 0.4) is 0 Å². The van der Waals surface area contributed by atoms with E-state index in [4.69, 9.17) is 4.74 Å². The van der Waals surface area contributed by atoms with Crippen molar-refractivity contribution in [2.24, 2.45) is 0 Å². The van der Waals surface area contributed by atoms with E-state index >= 15 is 0 Å². The van der Waals surface area contributed by atoms with Crippen LogP contribution < -0.4 is 8.92 Å². The Kier molecular flexibility index (Phi) is 3.82. The van der Waals surface area contributed by atoms with Crippen LogP contribution in [-0.2, 0) is 10.1 Å². The smallest absolute Gasteiger partial charge is 0.495 e. The second-order valence-electron chi connectivity index (χ2n) is 2.82. The highest BCUT2D eigenvalue weighted by Gasteiger charge is 2.48. The molecule has 9 heteroatoms. The van der Waals surface area contributed by atoms with E-state index in [-0.39, 0.29) is 5.75 Å². The third-order valence-electron chi connectivity index (χ3n) is 1.64. The van der Waals surface area contributed by atoms with Gasteiger partial charge in [-0.1, -0.05) is 0 Å². The van der Waals surface area contributed by atoms with Crippen LogP contribution in [0.4, 0.5) is 13.2 Å². The third-order valence-corrected chi connectivity index (χ3v) is 2.99. The zero-order valence-electron chi connectivity index (χ0n) is 8.35. The number of hydrogen-bond acceptors (Lipinski definition) is 5. The van der Waals surface area contributed by atoms with Gasteiger partial charge in [0.15, 0.2) is 0 Å². The molecule has 0 N–H and O–H groups in total. The molecule has 96 valence electrons. The van der Waals surface area contributed by atoms with E-state index in [1.54, 1.807) is 0 Å². The Morgan fingerprint density at radius 1 is 1.29 bits per heavy atom. The molecule has 0 radical (unpaired) electrons. The Labute approximate surface area is 101 Å². The topological polar surface area (TPSA) is 52.6 Å². The van der Waals surface area contributed by atoms with Gasteiger partial charge in [-0.25, -0.2) is 0 Å². The molecule has 0 amide bonds. The monoisotopic (exact) mass is 288 g/mol. The molecule has 0 aliphatic heterocycles. The summed E-state index contributed by atoms with van der Waals surface area (Å²) in [6.07, 6.45) is 0. The number of thiol groups is 1. The zero-order chi connectivity index (χ0) is 13.3. The first-order valence-electron chi connectivity index (χ1n) is 4.05. The summed E-state index contributed by atoms with van der Waals surface area (Å²) >= 11 is 3.94. The van der Waals surface area contributed by atoms with Crippen LogP contribution in [0, 0.1) is 0 Å². The molecule has 0 bridgehead atoms. The highest BCUT2D eigenvalue weighted by atomic mass is 32.2. The van der Waals surface area contributed by atoms with Crippen molar-refractivity contribution in [2.45, 2.75) is 10.4 Å². The predicted molar refractivity (Wildman–Crippen MR) is 55.8 cm³/mol. The van der Waals surface area contributed by atoms with E-state index in [0.29, 0.717) is 4.90 Å². The first kappa shape index (κ1) is 14.0. The molecular weight excluding hydrogens is 281 g/mol. The van der Waals surface area contributed by atoms with Crippen LogP contribution in [0.25, 0.3) is 0 Å². The van der Waals surface area contributed by atoms with E-state index in [0.717, 1.165) is 12.1 Å². The summed E-state index contributed by atoms with van der Waals surface area (Å²) in [5, 5.41) is 0. The van der Waals surface area contributed by atoms with Crippen LogP contribution in [-0.4, -0.2) is 21.0 Å². The predicted octanol–water partition coefficient (Wildman–Crippen LogP) is 2.21. The van der Waals surface area contributed by atoms with E-state index in [1.165, 1.54) is 13.2 Å². The summed E-state index contributed by atoms with van der Waals surface area (Å²) in [7, 11) is -4.41. The molecule has 0 atom stereocenters. The highest BCUT2D eigenvalue weighted by Crippen LogP contribution is 2.31. The minimum absolute atomic E-state index is 0.100. The van der Waals surface area contributed by atoms with Crippen LogP contribution >= 0.6 is 12.6 Å². The van der Waals surface area contributed by atoms with Crippen molar-refractivity contribution in [3.05, 3.63) is 18.2 Å². The van der Waals surface area contributed by atoms with Gasteiger partial charge in [-0.05, 0) is 12.1 Å². The lowest BCUT2D eigenvalue weighted by atomic mass is 10.3. The molecule has 0 saturated heterocycles. The molecule has 0 aliphatic rings. The van der Waals surface area contributed by atoms with Crippen LogP contribution in [0.5, 0.6) is 11.5 Å². The standard InChI is InChI=1S/C8H7F3O4S2/c1-14-6-4-5(2-3-7(6)16)15-17(12,13)8(9,10)11/h2-4,16H,1H3. The quantitative estimate of drug-likeness (QED) is 0.526. The Hall–Kier alpha value is -1.09. The van der Waals surface area contributed by atoms with Gasteiger partial charge in [0.25, 0.3) is 0 Å². The molecule has 0 heterocycles. The number of methoxy groups -OCH3 is 1. The van der Waals surface area contributed by atoms with Crippen LogP contribution in [0.15, 0.2) is 23.1 Å². The number of rotatable bonds is 3. The molecule has 0 aliphatic carbocycles. The summed E-state index contributed by atoms with van der Waals surface area (Å²) in [6.45, 7) is 0. The van der Waals surface area contributed by atoms with E-state index in [1.807, 2.05) is 0 Å². The van der Waals surface area contributed by atoms with Crippen molar-refractivity contribution in [2.75, 3.05) is 7.11 Å². The van der Waals surface area contributed by atoms with Gasteiger partial charge in [-0.3, -0.25) is 0 Å². The van der Waals surface area contributed by atoms with Crippen molar-refractivity contribution in [1.29, 1.82) is 0 Å². The molecular formula is C8H7F3O4S2. The van der Waals surface area contributed by atoms with Gasteiger partial charge in [0.2, 0.25) is 0 Å². The molecule has 0 aromatic heterocycles. The molecule has 0 spiro atoms. The Morgan fingerprint density at radius 2 is 1.88 bits per heavy atom. The second-order valence-corrected chi connectivity index (χ2v) is 4.84. The first-order valence-corrected chi connectivity index (χ1v) is 5.90. The van der Waals surface area contributed by atoms with Gasteiger partial charge in [0.05, 0.1) is 7.11 Å². The Bertz CT molecular complexity index is 510. The lowest BCUT2D eigenvalue weighted by Gasteiger charge is -2.10. The third kappa shape index (κ3) is 3.19. The average molecular weight is 288 g/mol. The number of alkyl halides is 3. The van der Waals surface area contributed by atoms with E-state index in [2.05, 4.69) is 16.8 Å². The van der Waals surface area contributed by atoms with Gasteiger partial charge in [0, 0.05) is 11.0 Å². The van der Waals surface area contributed by atoms with Crippen molar-refractivity contribution < 1.29 is 30.5 Å². The van der Waals surface area contributed by atoms with Gasteiger partial charge in [-0.15, -0.1) is 12.6 Å². The fraction of sp³-hybridized carbons (Fsp3) is 0.250. The van der Waals surface area contributed by atoms with Gasteiger partial charge >= 0.3 is 15.6 Å². The minimum Gasteiger partial charge on any atom is -0.495 e. The summed E-state index contributed by atoms with van der Waals surface area (Å²) in [6, 6.07) is 3.28. The summed E-state index contributed by atoms with van der Waals surface area (Å²) in [5.74, 6) is -0.403. The van der Waals surface area contributed by atoms with Crippen molar-refractivity contribution in [3.63, 3.8) is 0 Å². The lowest BCUT2D eigenvalue weighted by molar-refractivity contribution is -0.0500. The molecule has 1 rings (SSSR count). The van der Waals surface area contributed by atoms with E-state index < -0.39 is 21.4 Å². The number of ether oxygens (including phenoxy) is 1. The van der Waals surface area contributed by atoms with E-state index in [9.17, 15) is 21.6 Å². The molecule has 17 heavy (non-hydrogen) atoms. The van der Waals surface area contributed by atoms with Gasteiger partial charge in [0.1, 0.15) is 11.5 Å². The van der Waals surface area contributed by atoms with Crippen molar-refractivity contribution in [1.82, 2.24) is 0 Å². The van der Waals surface area contributed by atoms with Crippen LogP contribution in [0.2, 0.25) is 0 Å². The molecule has 0 unspecified atom stereocenters. The number of benzene rings is 1. The normalized spacial score (nSPS) is 12.3. The zero-order valence-corrected chi connectivity index (χ0v) is 10.1. The first-order chi connectivity index (χ1) is 7.67. The highest BCUT2D eigenvalue weighted by molar-refractivity contribution is 7.88. The maximum atomic E-state index is 12.0. The Balaban J connectivity index is 3.05. The maximum Gasteiger partial charge on any atom is 0.534 e. The molecule has 4 nitrogen and oxygen atoms in total. The second kappa shape index (κ2) is 4.65. The molecule has 0 saturated carbocycles. The molecule has 1 aromatic rings. The lowest BCUT2D eigenvalue weighted by Crippen LogP contribution is -2.28. The van der Waals surface area contributed by atoms with Crippen LogP contribution in [0.1, 0.15) is 0 Å². The minimum atomic E-state index is -5.67. The molecule has 1 aromatic carbocycles. The Morgan fingerprint density at radius 3 is 2.35 bits per heavy atom. The summed E-state index contributed by atoms with van der Waals surface area (Å²) in [5.41, 5.74) is -5.47. The summed E-state index contributed by atoms with van der Waals surface area (Å²) < 4.78 is 66.1. The fourth-order valence-corrected chi connectivity index (χ4v) is 1.57. The number of hydrogen-bond donors (Lipinski definition) is 1. The van der Waals surface area contributed by atoms with Gasteiger partial charge < -0.3 is 8.92 Å². The largest absolute Gasteiger partial charge is 0.534 e. The average Bonchev–Trinajstić information content (AvgIpc) is 2.19. The number of halogens is 3. The van der Waals surface area contributed by atoms with Gasteiger partial charge in [-0.2, -0.15) is 21.6 Å². The van der Waals surface area contributed by atoms with Crippen molar-refractivity contribution in [3.8, 4) is 11.5 Å². The SMILES string of the molecule is COc1cc(OS(=O)(=O)C(F)(F)F)ccc1S. The summed E-state index contributed by atoms with van der Waals surface area (Å²) in [4.78, 5) is 0.337. The van der Waals surface area contributed by atoms with Crippen molar-refractivity contribution >= 4 is 22.7 Å². The molecule has 0 fully saturated rings. The maximum absolute atomic E-state index is 12.0.